The first-order chi connectivity index (χ1) is 4.11. The van der Waals surface area contributed by atoms with E-state index in [4.69, 9.17) is 5.14 Å². The van der Waals surface area contributed by atoms with E-state index in [0.717, 1.165) is 0 Å². The molecule has 11 heavy (non-hydrogen) atoms. The van der Waals surface area contributed by atoms with E-state index in [9.17, 15) is 8.42 Å². The third-order valence-electron chi connectivity index (χ3n) is 0.824. The van der Waals surface area contributed by atoms with Crippen LogP contribution in [0.25, 0.3) is 0 Å². The predicted molar refractivity (Wildman–Crippen MR) is 50.2 cm³/mol. The van der Waals surface area contributed by atoms with E-state index in [1.54, 1.807) is 5.38 Å². The average Bonchev–Trinajstić information content (AvgIpc) is 2.08. The van der Waals surface area contributed by atoms with Crippen LogP contribution in [0.5, 0.6) is 0 Å². The van der Waals surface area contributed by atoms with Crippen LogP contribution in [-0.2, 0) is 10.0 Å². The van der Waals surface area contributed by atoms with Gasteiger partial charge in [-0.3, -0.25) is 0 Å². The Hall–Kier alpha value is 0.190. The molecule has 0 atom stereocenters. The molecule has 1 rings (SSSR count). The Bertz CT molecular complexity index is 281. The van der Waals surface area contributed by atoms with Gasteiger partial charge < -0.3 is 0 Å². The molecule has 0 aliphatic carbocycles. The monoisotopic (exact) mass is 235 g/mol. The standard InChI is InChI=1S/C4H5NO2S2.2ClH/c5-9(6,7)4-1-2-8-3-4;;/h1-3H,(H2,5,6,7);2*1H. The molecule has 0 fully saturated rings. The highest BCUT2D eigenvalue weighted by Crippen LogP contribution is 2.09. The summed E-state index contributed by atoms with van der Waals surface area (Å²) in [5.74, 6) is 0. The molecule has 0 radical (unpaired) electrons. The molecule has 1 aromatic rings. The van der Waals surface area contributed by atoms with Crippen LogP contribution in [0.15, 0.2) is 21.7 Å². The fourth-order valence-electron chi connectivity index (χ4n) is 0.414. The van der Waals surface area contributed by atoms with Crippen molar-refractivity contribution >= 4 is 46.2 Å². The van der Waals surface area contributed by atoms with Crippen LogP contribution in [0.1, 0.15) is 0 Å². The van der Waals surface area contributed by atoms with E-state index in [1.165, 1.54) is 22.8 Å². The highest BCUT2D eigenvalue weighted by molar-refractivity contribution is 7.89. The van der Waals surface area contributed by atoms with E-state index in [2.05, 4.69) is 0 Å². The van der Waals surface area contributed by atoms with Gasteiger partial charge in [0.05, 0.1) is 4.90 Å². The Morgan fingerprint density at radius 2 is 1.91 bits per heavy atom. The molecule has 0 aliphatic rings. The van der Waals surface area contributed by atoms with Gasteiger partial charge in [-0.25, -0.2) is 13.6 Å². The van der Waals surface area contributed by atoms with E-state index in [-0.39, 0.29) is 29.7 Å². The molecule has 1 heterocycles. The first-order valence-electron chi connectivity index (χ1n) is 2.16. The molecular formula is C4H7Cl2NO2S2. The van der Waals surface area contributed by atoms with E-state index in [1.807, 2.05) is 0 Å². The molecule has 0 saturated heterocycles. The van der Waals surface area contributed by atoms with Gasteiger partial charge in [0, 0.05) is 5.38 Å². The van der Waals surface area contributed by atoms with Gasteiger partial charge in [-0.2, -0.15) is 11.3 Å². The van der Waals surface area contributed by atoms with E-state index in [0.29, 0.717) is 0 Å². The lowest BCUT2D eigenvalue weighted by Gasteiger charge is -1.86. The summed E-state index contributed by atoms with van der Waals surface area (Å²) in [5.41, 5.74) is 0. The summed E-state index contributed by atoms with van der Waals surface area (Å²) < 4.78 is 21.0. The SMILES string of the molecule is Cl.Cl.NS(=O)(=O)c1ccsc1. The third kappa shape index (κ3) is 3.93. The molecular weight excluding hydrogens is 229 g/mol. The highest BCUT2D eigenvalue weighted by atomic mass is 35.5. The van der Waals surface area contributed by atoms with Crippen molar-refractivity contribution < 1.29 is 8.42 Å². The number of sulfonamides is 1. The van der Waals surface area contributed by atoms with Gasteiger partial charge in [-0.1, -0.05) is 0 Å². The van der Waals surface area contributed by atoms with Gasteiger partial charge in [0.1, 0.15) is 0 Å². The van der Waals surface area contributed by atoms with Crippen LogP contribution in [0.3, 0.4) is 0 Å². The fraction of sp³-hybridized carbons (Fsp3) is 0. The Labute approximate surface area is 81.5 Å². The number of primary sulfonamides is 1. The summed E-state index contributed by atoms with van der Waals surface area (Å²) in [4.78, 5) is 0.188. The molecule has 0 amide bonds. The zero-order valence-corrected chi connectivity index (χ0v) is 8.52. The summed E-state index contributed by atoms with van der Waals surface area (Å²) in [6.45, 7) is 0. The van der Waals surface area contributed by atoms with Gasteiger partial charge in [0.25, 0.3) is 0 Å². The molecule has 1 aromatic heterocycles. The molecule has 0 unspecified atom stereocenters. The van der Waals surface area contributed by atoms with Crippen molar-refractivity contribution in [1.29, 1.82) is 0 Å². The number of hydrogen-bond acceptors (Lipinski definition) is 3. The van der Waals surface area contributed by atoms with Crippen LogP contribution in [0.4, 0.5) is 0 Å². The van der Waals surface area contributed by atoms with Crippen molar-refractivity contribution in [2.75, 3.05) is 0 Å². The minimum absolute atomic E-state index is 0. The maximum Gasteiger partial charge on any atom is 0.238 e. The quantitative estimate of drug-likeness (QED) is 0.797. The molecule has 66 valence electrons. The van der Waals surface area contributed by atoms with Crippen molar-refractivity contribution in [2.45, 2.75) is 4.90 Å². The van der Waals surface area contributed by atoms with Gasteiger partial charge in [-0.05, 0) is 11.4 Å². The summed E-state index contributed by atoms with van der Waals surface area (Å²) in [6.07, 6.45) is 0. The van der Waals surface area contributed by atoms with Crippen molar-refractivity contribution in [1.82, 2.24) is 0 Å². The smallest absolute Gasteiger partial charge is 0.225 e. The Balaban J connectivity index is 0. The van der Waals surface area contributed by atoms with Crippen LogP contribution < -0.4 is 5.14 Å². The van der Waals surface area contributed by atoms with Crippen molar-refractivity contribution in [3.8, 4) is 0 Å². The third-order valence-corrected chi connectivity index (χ3v) is 2.57. The number of rotatable bonds is 1. The zero-order valence-electron chi connectivity index (χ0n) is 5.26. The lowest BCUT2D eigenvalue weighted by molar-refractivity contribution is 0.598. The fourth-order valence-corrected chi connectivity index (χ4v) is 1.98. The molecule has 0 spiro atoms. The summed E-state index contributed by atoms with van der Waals surface area (Å²) >= 11 is 1.31. The van der Waals surface area contributed by atoms with Crippen molar-refractivity contribution in [2.24, 2.45) is 5.14 Å². The van der Waals surface area contributed by atoms with Crippen LogP contribution in [0, 0.1) is 0 Å². The predicted octanol–water partition coefficient (Wildman–Crippen LogP) is 1.24. The summed E-state index contributed by atoms with van der Waals surface area (Å²) in [5, 5.41) is 7.94. The Morgan fingerprint density at radius 1 is 1.36 bits per heavy atom. The molecule has 7 heteroatoms. The second-order valence-electron chi connectivity index (χ2n) is 1.50. The van der Waals surface area contributed by atoms with Crippen LogP contribution in [-0.4, -0.2) is 8.42 Å². The minimum Gasteiger partial charge on any atom is -0.225 e. The molecule has 0 bridgehead atoms. The van der Waals surface area contributed by atoms with Gasteiger partial charge in [0.15, 0.2) is 0 Å². The van der Waals surface area contributed by atoms with Crippen LogP contribution >= 0.6 is 36.2 Å². The normalized spacial score (nSPS) is 9.55. The van der Waals surface area contributed by atoms with E-state index < -0.39 is 10.0 Å². The molecule has 0 aromatic carbocycles. The van der Waals surface area contributed by atoms with E-state index >= 15 is 0 Å². The maximum atomic E-state index is 10.5. The first kappa shape index (κ1) is 13.8. The second kappa shape index (κ2) is 4.95. The largest absolute Gasteiger partial charge is 0.238 e. The lowest BCUT2D eigenvalue weighted by atomic mass is 10.7. The molecule has 3 nitrogen and oxygen atoms in total. The lowest BCUT2D eigenvalue weighted by Crippen LogP contribution is -2.10. The number of nitrogens with two attached hydrogens (primary N) is 1. The Kier molecular flexibility index (Phi) is 6.19. The maximum absolute atomic E-state index is 10.5. The first-order valence-corrected chi connectivity index (χ1v) is 4.64. The molecule has 0 aliphatic heterocycles. The average molecular weight is 236 g/mol. The minimum atomic E-state index is -3.45. The highest BCUT2D eigenvalue weighted by Gasteiger charge is 2.05. The number of halogens is 2. The van der Waals surface area contributed by atoms with Crippen molar-refractivity contribution in [3.63, 3.8) is 0 Å². The molecule has 0 saturated carbocycles. The summed E-state index contributed by atoms with van der Waals surface area (Å²) in [6, 6.07) is 1.47. The van der Waals surface area contributed by atoms with Crippen LogP contribution in [0.2, 0.25) is 0 Å². The van der Waals surface area contributed by atoms with Gasteiger partial charge in [-0.15, -0.1) is 24.8 Å². The Morgan fingerprint density at radius 3 is 2.09 bits per heavy atom. The topological polar surface area (TPSA) is 60.2 Å². The van der Waals surface area contributed by atoms with Gasteiger partial charge >= 0.3 is 0 Å². The number of thiophene rings is 1. The number of hydrogen-bond donors (Lipinski definition) is 1. The second-order valence-corrected chi connectivity index (χ2v) is 3.85. The van der Waals surface area contributed by atoms with Crippen molar-refractivity contribution in [3.05, 3.63) is 16.8 Å². The molecule has 2 N–H and O–H groups in total. The van der Waals surface area contributed by atoms with Gasteiger partial charge in [0.2, 0.25) is 10.0 Å². The zero-order chi connectivity index (χ0) is 6.91. The summed E-state index contributed by atoms with van der Waals surface area (Å²) in [7, 11) is -3.45.